The lowest BCUT2D eigenvalue weighted by Gasteiger charge is -2.41. The van der Waals surface area contributed by atoms with Gasteiger partial charge in [0.2, 0.25) is 0 Å². The summed E-state index contributed by atoms with van der Waals surface area (Å²) in [5.74, 6) is 0. The Labute approximate surface area is 81.9 Å². The molecule has 0 N–H and O–H groups in total. The summed E-state index contributed by atoms with van der Waals surface area (Å²) in [6.07, 6.45) is 1.35. The zero-order chi connectivity index (χ0) is 9.10. The predicted octanol–water partition coefficient (Wildman–Crippen LogP) is 2.57. The van der Waals surface area contributed by atoms with Gasteiger partial charge >= 0.3 is 0 Å². The normalized spacial score (nSPS) is 18.1. The van der Waals surface area contributed by atoms with Gasteiger partial charge in [-0.25, -0.2) is 0 Å². The van der Waals surface area contributed by atoms with Crippen LogP contribution in [-0.4, -0.2) is 24.9 Å². The van der Waals surface area contributed by atoms with E-state index in [1.54, 1.807) is 0 Å². The van der Waals surface area contributed by atoms with E-state index in [9.17, 15) is 0 Å². The molecule has 1 unspecified atom stereocenters. The molecule has 1 aliphatic rings. The van der Waals surface area contributed by atoms with Crippen LogP contribution in [0.3, 0.4) is 0 Å². The highest BCUT2D eigenvalue weighted by atomic mass is 31.1. The van der Waals surface area contributed by atoms with Gasteiger partial charge < -0.3 is 4.90 Å². The number of hydrogen-bond acceptors (Lipinski definition) is 1. The van der Waals surface area contributed by atoms with Crippen LogP contribution in [0, 0.1) is 0 Å². The molecule has 1 atom stereocenters. The average molecular weight is 193 g/mol. The number of hydrogen-bond donors (Lipinski definition) is 0. The van der Waals surface area contributed by atoms with Gasteiger partial charge in [0, 0.05) is 24.4 Å². The number of anilines is 1. The van der Waals surface area contributed by atoms with E-state index in [2.05, 4.69) is 42.2 Å². The predicted molar refractivity (Wildman–Crippen MR) is 61.3 cm³/mol. The van der Waals surface area contributed by atoms with Gasteiger partial charge in [-0.05, 0) is 18.3 Å². The number of para-hydroxylation sites is 1. The van der Waals surface area contributed by atoms with Crippen molar-refractivity contribution < 1.29 is 0 Å². The standard InChI is InChI=1S/C11H16NP/c1-2-13-11-8-12(9-11)10-6-4-3-5-7-10/h3-7,11,13H,2,8-9H2,1H3. The van der Waals surface area contributed by atoms with E-state index < -0.39 is 0 Å². The van der Waals surface area contributed by atoms with Crippen LogP contribution < -0.4 is 4.90 Å². The summed E-state index contributed by atoms with van der Waals surface area (Å²) in [6, 6.07) is 10.7. The van der Waals surface area contributed by atoms with E-state index >= 15 is 0 Å². The van der Waals surface area contributed by atoms with Gasteiger partial charge in [-0.15, -0.1) is 8.58 Å². The lowest BCUT2D eigenvalue weighted by molar-refractivity contribution is 0.630. The molecule has 0 saturated carbocycles. The molecule has 0 bridgehead atoms. The molecular formula is C11H16NP. The molecule has 2 heteroatoms. The van der Waals surface area contributed by atoms with Crippen molar-refractivity contribution in [1.82, 2.24) is 0 Å². The highest BCUT2D eigenvalue weighted by Gasteiger charge is 2.25. The Hall–Kier alpha value is -0.550. The SMILES string of the molecule is CCPC1CN(c2ccccc2)C1. The van der Waals surface area contributed by atoms with Crippen LogP contribution in [-0.2, 0) is 0 Å². The van der Waals surface area contributed by atoms with E-state index in [0.717, 1.165) is 14.2 Å². The Morgan fingerprint density at radius 1 is 1.31 bits per heavy atom. The van der Waals surface area contributed by atoms with Crippen LogP contribution in [0.25, 0.3) is 0 Å². The molecule has 0 radical (unpaired) electrons. The molecule has 70 valence electrons. The molecule has 1 heterocycles. The van der Waals surface area contributed by atoms with Crippen molar-refractivity contribution in [3.8, 4) is 0 Å². The maximum Gasteiger partial charge on any atom is 0.0366 e. The van der Waals surface area contributed by atoms with Crippen LogP contribution in [0.1, 0.15) is 6.92 Å². The summed E-state index contributed by atoms with van der Waals surface area (Å²) in [5.41, 5.74) is 2.37. The summed E-state index contributed by atoms with van der Waals surface area (Å²) in [5, 5.41) is 0. The molecule has 2 rings (SSSR count). The second kappa shape index (κ2) is 4.11. The summed E-state index contributed by atoms with van der Waals surface area (Å²) in [4.78, 5) is 2.47. The number of nitrogens with zero attached hydrogens (tertiary/aromatic N) is 1. The summed E-state index contributed by atoms with van der Waals surface area (Å²) >= 11 is 0. The highest BCUT2D eigenvalue weighted by molar-refractivity contribution is 7.39. The molecule has 0 amide bonds. The van der Waals surface area contributed by atoms with Crippen molar-refractivity contribution in [2.45, 2.75) is 12.6 Å². The molecule has 1 nitrogen and oxygen atoms in total. The van der Waals surface area contributed by atoms with E-state index in [4.69, 9.17) is 0 Å². The van der Waals surface area contributed by atoms with Crippen molar-refractivity contribution >= 4 is 14.3 Å². The zero-order valence-corrected chi connectivity index (χ0v) is 9.03. The highest BCUT2D eigenvalue weighted by Crippen LogP contribution is 2.30. The molecular weight excluding hydrogens is 177 g/mol. The van der Waals surface area contributed by atoms with E-state index in [0.29, 0.717) is 0 Å². The van der Waals surface area contributed by atoms with Gasteiger partial charge in [0.15, 0.2) is 0 Å². The third-order valence-corrected chi connectivity index (χ3v) is 3.85. The van der Waals surface area contributed by atoms with E-state index in [1.807, 2.05) is 0 Å². The Balaban J connectivity index is 1.87. The summed E-state index contributed by atoms with van der Waals surface area (Å²) < 4.78 is 0. The Bertz CT molecular complexity index is 254. The number of rotatable bonds is 3. The van der Waals surface area contributed by atoms with Crippen molar-refractivity contribution in [3.63, 3.8) is 0 Å². The van der Waals surface area contributed by atoms with Gasteiger partial charge in [-0.3, -0.25) is 0 Å². The van der Waals surface area contributed by atoms with E-state index in [1.165, 1.54) is 24.9 Å². The lowest BCUT2D eigenvalue weighted by atomic mass is 10.2. The molecule has 13 heavy (non-hydrogen) atoms. The summed E-state index contributed by atoms with van der Waals surface area (Å²) in [6.45, 7) is 4.83. The third kappa shape index (κ3) is 2.03. The molecule has 1 fully saturated rings. The van der Waals surface area contributed by atoms with Crippen LogP contribution in [0.2, 0.25) is 0 Å². The average Bonchev–Trinajstić information content (AvgIpc) is 2.12. The lowest BCUT2D eigenvalue weighted by Crippen LogP contribution is -2.48. The second-order valence-corrected chi connectivity index (χ2v) is 5.43. The fraction of sp³-hybridized carbons (Fsp3) is 0.455. The first-order valence-electron chi connectivity index (χ1n) is 4.93. The smallest absolute Gasteiger partial charge is 0.0366 e. The van der Waals surface area contributed by atoms with Crippen molar-refractivity contribution in [3.05, 3.63) is 30.3 Å². The minimum atomic E-state index is 0.977. The molecule has 1 aromatic carbocycles. The van der Waals surface area contributed by atoms with E-state index in [-0.39, 0.29) is 0 Å². The topological polar surface area (TPSA) is 3.24 Å². The van der Waals surface area contributed by atoms with Gasteiger partial charge in [0.05, 0.1) is 0 Å². The Morgan fingerprint density at radius 3 is 2.62 bits per heavy atom. The monoisotopic (exact) mass is 193 g/mol. The van der Waals surface area contributed by atoms with Crippen LogP contribution in [0.4, 0.5) is 5.69 Å². The zero-order valence-electron chi connectivity index (χ0n) is 8.03. The van der Waals surface area contributed by atoms with Crippen LogP contribution >= 0.6 is 8.58 Å². The molecule has 0 aliphatic carbocycles. The first kappa shape index (κ1) is 9.02. The fourth-order valence-electron chi connectivity index (χ4n) is 1.75. The molecule has 1 aliphatic heterocycles. The molecule has 0 spiro atoms. The Kier molecular flexibility index (Phi) is 2.85. The van der Waals surface area contributed by atoms with Gasteiger partial charge in [-0.1, -0.05) is 25.1 Å². The summed E-state index contributed by atoms with van der Waals surface area (Å²) in [7, 11) is 1.16. The maximum atomic E-state index is 2.47. The maximum absolute atomic E-state index is 2.47. The molecule has 1 aromatic rings. The van der Waals surface area contributed by atoms with Crippen molar-refractivity contribution in [1.29, 1.82) is 0 Å². The van der Waals surface area contributed by atoms with Gasteiger partial charge in [0.25, 0.3) is 0 Å². The first-order valence-corrected chi connectivity index (χ1v) is 6.22. The quantitative estimate of drug-likeness (QED) is 0.667. The molecule has 0 aromatic heterocycles. The van der Waals surface area contributed by atoms with Gasteiger partial charge in [0.1, 0.15) is 0 Å². The van der Waals surface area contributed by atoms with Crippen molar-refractivity contribution in [2.24, 2.45) is 0 Å². The van der Waals surface area contributed by atoms with Crippen LogP contribution in [0.5, 0.6) is 0 Å². The molecule has 1 saturated heterocycles. The Morgan fingerprint density at radius 2 is 2.00 bits per heavy atom. The fourth-order valence-corrected chi connectivity index (χ4v) is 3.02. The number of benzene rings is 1. The third-order valence-electron chi connectivity index (χ3n) is 2.50. The minimum Gasteiger partial charge on any atom is -0.370 e. The van der Waals surface area contributed by atoms with Crippen molar-refractivity contribution in [2.75, 3.05) is 24.2 Å². The largest absolute Gasteiger partial charge is 0.370 e. The minimum absolute atomic E-state index is 0.977. The first-order chi connectivity index (χ1) is 6.40. The second-order valence-electron chi connectivity index (χ2n) is 3.50. The van der Waals surface area contributed by atoms with Crippen LogP contribution in [0.15, 0.2) is 30.3 Å². The van der Waals surface area contributed by atoms with Gasteiger partial charge in [-0.2, -0.15) is 0 Å².